The Hall–Kier alpha value is -2.53. The summed E-state index contributed by atoms with van der Waals surface area (Å²) < 4.78 is 11.5. The molecule has 0 saturated heterocycles. The van der Waals surface area contributed by atoms with Crippen LogP contribution in [0.2, 0.25) is 0 Å². The Bertz CT molecular complexity index is 869. The van der Waals surface area contributed by atoms with Crippen LogP contribution in [0.15, 0.2) is 24.3 Å². The van der Waals surface area contributed by atoms with Crippen LogP contribution in [0.3, 0.4) is 0 Å². The Labute approximate surface area is 174 Å². The van der Waals surface area contributed by atoms with E-state index in [1.165, 1.54) is 16.7 Å². The molecule has 0 atom stereocenters. The van der Waals surface area contributed by atoms with Crippen LogP contribution in [0.25, 0.3) is 0 Å². The molecule has 0 fully saturated rings. The lowest BCUT2D eigenvalue weighted by molar-refractivity contribution is -0.117. The van der Waals surface area contributed by atoms with E-state index < -0.39 is 0 Å². The number of aryl methyl sites for hydroxylation is 3. The minimum atomic E-state index is 0.0273. The third-order valence-corrected chi connectivity index (χ3v) is 5.27. The Morgan fingerprint density at radius 2 is 1.55 bits per heavy atom. The topological polar surface area (TPSA) is 50.8 Å². The molecule has 0 bridgehead atoms. The number of fused-ring (bicyclic) bond motifs is 1. The van der Waals surface area contributed by atoms with Crippen molar-refractivity contribution in [3.63, 3.8) is 0 Å². The van der Waals surface area contributed by atoms with Crippen molar-refractivity contribution in [1.29, 1.82) is 0 Å². The van der Waals surface area contributed by atoms with Crippen LogP contribution in [0.5, 0.6) is 11.5 Å². The van der Waals surface area contributed by atoms with E-state index in [0.29, 0.717) is 19.8 Å². The number of amides is 1. The van der Waals surface area contributed by atoms with Gasteiger partial charge in [0.05, 0.1) is 19.8 Å². The summed E-state index contributed by atoms with van der Waals surface area (Å²) in [5, 5.41) is 3.11. The van der Waals surface area contributed by atoms with Crippen molar-refractivity contribution in [1.82, 2.24) is 4.90 Å². The van der Waals surface area contributed by atoms with Gasteiger partial charge in [-0.2, -0.15) is 0 Å². The van der Waals surface area contributed by atoms with Crippen molar-refractivity contribution in [3.05, 3.63) is 52.1 Å². The molecule has 0 radical (unpaired) electrons. The fourth-order valence-corrected chi connectivity index (χ4v) is 4.05. The summed E-state index contributed by atoms with van der Waals surface area (Å²) in [4.78, 5) is 14.9. The minimum Gasteiger partial charge on any atom is -0.490 e. The zero-order chi connectivity index (χ0) is 21.0. The Morgan fingerprint density at radius 1 is 0.966 bits per heavy atom. The first-order valence-corrected chi connectivity index (χ1v) is 10.4. The van der Waals surface area contributed by atoms with Crippen LogP contribution in [-0.4, -0.2) is 37.1 Å². The minimum absolute atomic E-state index is 0.0273. The third kappa shape index (κ3) is 5.10. The number of nitrogens with zero attached hydrogens (tertiary/aromatic N) is 1. The lowest BCUT2D eigenvalue weighted by Crippen LogP contribution is -2.37. The highest BCUT2D eigenvalue weighted by Gasteiger charge is 2.22. The summed E-state index contributed by atoms with van der Waals surface area (Å²) in [5.41, 5.74) is 6.83. The van der Waals surface area contributed by atoms with E-state index in [2.05, 4.69) is 41.4 Å². The number of carbonyl (C=O) groups is 1. The third-order valence-electron chi connectivity index (χ3n) is 5.27. The molecule has 1 aliphatic rings. The standard InChI is InChI=1S/C24H32N2O3/c1-6-28-21-12-19-8-9-26(14-20(19)13-22(21)29-7-2)15-23(27)25-24-17(4)10-16(3)11-18(24)5/h10-13H,6-9,14-15H2,1-5H3,(H,25,27). The van der Waals surface area contributed by atoms with Crippen molar-refractivity contribution in [2.24, 2.45) is 0 Å². The zero-order valence-corrected chi connectivity index (χ0v) is 18.2. The van der Waals surface area contributed by atoms with Crippen LogP contribution in [0.1, 0.15) is 41.7 Å². The van der Waals surface area contributed by atoms with Crippen LogP contribution in [0.4, 0.5) is 5.69 Å². The van der Waals surface area contributed by atoms with E-state index in [1.807, 2.05) is 27.7 Å². The number of benzene rings is 2. The molecule has 0 aromatic heterocycles. The van der Waals surface area contributed by atoms with Gasteiger partial charge in [0, 0.05) is 18.8 Å². The second kappa shape index (κ2) is 9.31. The Morgan fingerprint density at radius 3 is 2.14 bits per heavy atom. The van der Waals surface area contributed by atoms with Crippen LogP contribution in [-0.2, 0) is 17.8 Å². The van der Waals surface area contributed by atoms with Gasteiger partial charge in [0.15, 0.2) is 11.5 Å². The highest BCUT2D eigenvalue weighted by atomic mass is 16.5. The Balaban J connectivity index is 1.69. The summed E-state index contributed by atoms with van der Waals surface area (Å²) in [7, 11) is 0. The van der Waals surface area contributed by atoms with Gasteiger partial charge in [-0.15, -0.1) is 0 Å². The van der Waals surface area contributed by atoms with Gasteiger partial charge >= 0.3 is 0 Å². The van der Waals surface area contributed by atoms with Crippen LogP contribution < -0.4 is 14.8 Å². The first-order valence-electron chi connectivity index (χ1n) is 10.4. The number of ether oxygens (including phenoxy) is 2. The fraction of sp³-hybridized carbons (Fsp3) is 0.458. The van der Waals surface area contributed by atoms with E-state index in [9.17, 15) is 4.79 Å². The van der Waals surface area contributed by atoms with E-state index >= 15 is 0 Å². The molecule has 0 spiro atoms. The van der Waals surface area contributed by atoms with Crippen molar-refractivity contribution in [2.45, 2.75) is 47.6 Å². The zero-order valence-electron chi connectivity index (χ0n) is 18.2. The second-order valence-corrected chi connectivity index (χ2v) is 7.72. The number of anilines is 1. The molecule has 1 aliphatic heterocycles. The van der Waals surface area contributed by atoms with Crippen molar-refractivity contribution in [2.75, 3.05) is 31.6 Å². The molecule has 1 heterocycles. The number of hydrogen-bond acceptors (Lipinski definition) is 4. The van der Waals surface area contributed by atoms with Crippen molar-refractivity contribution in [3.8, 4) is 11.5 Å². The average Bonchev–Trinajstić information content (AvgIpc) is 2.65. The quantitative estimate of drug-likeness (QED) is 0.753. The molecule has 29 heavy (non-hydrogen) atoms. The van der Waals surface area contributed by atoms with Gasteiger partial charge < -0.3 is 14.8 Å². The predicted octanol–water partition coefficient (Wildman–Crippen LogP) is 4.41. The maximum absolute atomic E-state index is 12.7. The molecule has 5 nitrogen and oxygen atoms in total. The molecule has 1 N–H and O–H groups in total. The number of rotatable bonds is 7. The summed E-state index contributed by atoms with van der Waals surface area (Å²) >= 11 is 0. The maximum Gasteiger partial charge on any atom is 0.238 e. The van der Waals surface area contributed by atoms with Crippen molar-refractivity contribution >= 4 is 11.6 Å². The lowest BCUT2D eigenvalue weighted by atomic mass is 9.98. The predicted molar refractivity (Wildman–Crippen MR) is 117 cm³/mol. The van der Waals surface area contributed by atoms with Crippen LogP contribution in [0, 0.1) is 20.8 Å². The first kappa shape index (κ1) is 21.2. The van der Waals surface area contributed by atoms with E-state index in [-0.39, 0.29) is 5.91 Å². The van der Waals surface area contributed by atoms with Gasteiger partial charge in [-0.05, 0) is 75.4 Å². The maximum atomic E-state index is 12.7. The monoisotopic (exact) mass is 396 g/mol. The molecule has 2 aromatic carbocycles. The molecule has 5 heteroatoms. The van der Waals surface area contributed by atoms with Gasteiger partial charge in [-0.3, -0.25) is 9.69 Å². The average molecular weight is 397 g/mol. The molecule has 0 saturated carbocycles. The van der Waals surface area contributed by atoms with Gasteiger partial charge in [0.25, 0.3) is 0 Å². The number of hydrogen-bond donors (Lipinski definition) is 1. The van der Waals surface area contributed by atoms with Crippen molar-refractivity contribution < 1.29 is 14.3 Å². The summed E-state index contributed by atoms with van der Waals surface area (Å²) in [6, 6.07) is 8.37. The molecule has 0 unspecified atom stereocenters. The molecular weight excluding hydrogens is 364 g/mol. The number of nitrogens with one attached hydrogen (secondary N) is 1. The molecular formula is C24H32N2O3. The Kier molecular flexibility index (Phi) is 6.80. The van der Waals surface area contributed by atoms with E-state index in [1.54, 1.807) is 0 Å². The smallest absolute Gasteiger partial charge is 0.238 e. The van der Waals surface area contributed by atoms with E-state index in [0.717, 1.165) is 47.8 Å². The van der Waals surface area contributed by atoms with E-state index in [4.69, 9.17) is 9.47 Å². The van der Waals surface area contributed by atoms with Gasteiger partial charge in [0.1, 0.15) is 0 Å². The summed E-state index contributed by atoms with van der Waals surface area (Å²) in [5.74, 6) is 1.62. The largest absolute Gasteiger partial charge is 0.490 e. The van der Waals surface area contributed by atoms with Gasteiger partial charge in [-0.25, -0.2) is 0 Å². The lowest BCUT2D eigenvalue weighted by Gasteiger charge is -2.29. The SMILES string of the molecule is CCOc1cc2c(cc1OCC)CN(CC(=O)Nc1c(C)cc(C)cc1C)CC2. The normalized spacial score (nSPS) is 13.7. The van der Waals surface area contributed by atoms with Gasteiger partial charge in [-0.1, -0.05) is 17.7 Å². The molecule has 156 valence electrons. The number of carbonyl (C=O) groups excluding carboxylic acids is 1. The van der Waals surface area contributed by atoms with Gasteiger partial charge in [0.2, 0.25) is 5.91 Å². The second-order valence-electron chi connectivity index (χ2n) is 7.72. The van der Waals surface area contributed by atoms with Crippen LogP contribution >= 0.6 is 0 Å². The molecule has 2 aromatic rings. The highest BCUT2D eigenvalue weighted by Crippen LogP contribution is 2.34. The summed E-state index contributed by atoms with van der Waals surface area (Å²) in [6.45, 7) is 13.3. The molecule has 1 amide bonds. The first-order chi connectivity index (χ1) is 13.9. The molecule has 3 rings (SSSR count). The summed E-state index contributed by atoms with van der Waals surface area (Å²) in [6.07, 6.45) is 0.900. The molecule has 0 aliphatic carbocycles. The highest BCUT2D eigenvalue weighted by molar-refractivity contribution is 5.93. The fourth-order valence-electron chi connectivity index (χ4n) is 4.05.